The van der Waals surface area contributed by atoms with Gasteiger partial charge in [0.1, 0.15) is 0 Å². The molecular weight excluding hydrogens is 318 g/mol. The van der Waals surface area contributed by atoms with Crippen molar-refractivity contribution in [3.05, 3.63) is 65.0 Å². The van der Waals surface area contributed by atoms with Crippen molar-refractivity contribution in [1.29, 1.82) is 0 Å². The molecule has 0 fully saturated rings. The Hall–Kier alpha value is -2.54. The third-order valence-electron chi connectivity index (χ3n) is 4.34. The highest BCUT2D eigenvalue weighted by atomic mass is 19.2. The van der Waals surface area contributed by atoms with Crippen LogP contribution < -0.4 is 5.32 Å². The number of aromatic nitrogens is 1. The third kappa shape index (κ3) is 2.94. The second-order valence-corrected chi connectivity index (χ2v) is 5.75. The Balaban J connectivity index is 2.14. The van der Waals surface area contributed by atoms with E-state index in [1.165, 1.54) is 18.3 Å². The maximum atomic E-state index is 14.3. The molecule has 0 unspecified atom stereocenters. The summed E-state index contributed by atoms with van der Waals surface area (Å²) in [5.41, 5.74) is 0.909. The number of benzene rings is 1. The predicted molar refractivity (Wildman–Crippen MR) is 81.4 cm³/mol. The Bertz CT molecular complexity index is 769. The summed E-state index contributed by atoms with van der Waals surface area (Å²) in [7, 11) is 0. The molecule has 1 aromatic carbocycles. The molecule has 2 aromatic rings. The van der Waals surface area contributed by atoms with Crippen molar-refractivity contribution >= 4 is 6.09 Å². The zero-order valence-electron chi connectivity index (χ0n) is 12.6. The molecule has 0 spiro atoms. The Kier molecular flexibility index (Phi) is 4.44. The minimum Gasteiger partial charge on any atom is -0.465 e. The summed E-state index contributed by atoms with van der Waals surface area (Å²) < 4.78 is 27.9. The van der Waals surface area contributed by atoms with Crippen LogP contribution in [-0.2, 0) is 0 Å². The second kappa shape index (κ2) is 6.52. The van der Waals surface area contributed by atoms with Crippen LogP contribution in [0.25, 0.3) is 0 Å². The lowest BCUT2D eigenvalue weighted by atomic mass is 9.85. The molecule has 126 valence electrons. The number of amides is 1. The van der Waals surface area contributed by atoms with E-state index >= 15 is 0 Å². The van der Waals surface area contributed by atoms with Gasteiger partial charge in [0.15, 0.2) is 11.6 Å². The molecule has 1 amide bonds. The van der Waals surface area contributed by atoms with E-state index in [4.69, 9.17) is 0 Å². The maximum Gasteiger partial charge on any atom is 0.405 e. The quantitative estimate of drug-likeness (QED) is 0.736. The fraction of sp³-hybridized carbons (Fsp3) is 0.294. The topological polar surface area (TPSA) is 82.5 Å². The molecule has 0 saturated heterocycles. The predicted octanol–water partition coefficient (Wildman–Crippen LogP) is 3.28. The first-order valence-electron chi connectivity index (χ1n) is 7.55. The summed E-state index contributed by atoms with van der Waals surface area (Å²) in [6.45, 7) is 0. The Morgan fingerprint density at radius 3 is 2.67 bits per heavy atom. The molecular formula is C17H16F2N2O3. The molecule has 3 atom stereocenters. The normalized spacial score (nSPS) is 23.2. The van der Waals surface area contributed by atoms with Crippen LogP contribution in [0.2, 0.25) is 0 Å². The molecule has 3 rings (SSSR count). The molecule has 0 radical (unpaired) electrons. The van der Waals surface area contributed by atoms with E-state index in [9.17, 15) is 23.8 Å². The number of aliphatic hydroxyl groups is 1. The smallest absolute Gasteiger partial charge is 0.405 e. The Morgan fingerprint density at radius 1 is 1.17 bits per heavy atom. The number of nitrogens with one attached hydrogen (secondary N) is 1. The summed E-state index contributed by atoms with van der Waals surface area (Å²) in [5.74, 6) is -2.64. The maximum absolute atomic E-state index is 14.3. The van der Waals surface area contributed by atoms with Gasteiger partial charge in [-0.3, -0.25) is 4.98 Å². The Morgan fingerprint density at radius 2 is 1.92 bits per heavy atom. The molecule has 0 bridgehead atoms. The fourth-order valence-corrected chi connectivity index (χ4v) is 3.28. The lowest BCUT2D eigenvalue weighted by molar-refractivity contribution is 0.160. The van der Waals surface area contributed by atoms with Crippen LogP contribution in [0.4, 0.5) is 13.6 Å². The van der Waals surface area contributed by atoms with Gasteiger partial charge in [0.2, 0.25) is 0 Å². The van der Waals surface area contributed by atoms with Gasteiger partial charge in [-0.2, -0.15) is 0 Å². The molecule has 0 saturated carbocycles. The minimum atomic E-state index is -1.28. The van der Waals surface area contributed by atoms with Gasteiger partial charge in [-0.05, 0) is 36.1 Å². The van der Waals surface area contributed by atoms with E-state index in [0.29, 0.717) is 11.3 Å². The van der Waals surface area contributed by atoms with Gasteiger partial charge in [0, 0.05) is 12.1 Å². The van der Waals surface area contributed by atoms with E-state index in [0.717, 1.165) is 6.07 Å². The van der Waals surface area contributed by atoms with E-state index < -0.39 is 35.8 Å². The van der Waals surface area contributed by atoms with Gasteiger partial charge < -0.3 is 15.5 Å². The summed E-state index contributed by atoms with van der Waals surface area (Å²) in [4.78, 5) is 15.4. The number of hydrogen-bond donors (Lipinski definition) is 3. The summed E-state index contributed by atoms with van der Waals surface area (Å²) in [6.07, 6.45) is -0.122. The highest BCUT2D eigenvalue weighted by Crippen LogP contribution is 2.43. The van der Waals surface area contributed by atoms with Gasteiger partial charge in [0.25, 0.3) is 0 Å². The molecule has 1 aliphatic carbocycles. The number of hydrogen-bond acceptors (Lipinski definition) is 3. The third-order valence-corrected chi connectivity index (χ3v) is 4.34. The lowest BCUT2D eigenvalue weighted by Crippen LogP contribution is -2.32. The molecule has 0 aliphatic heterocycles. The number of aliphatic hydroxyl groups excluding tert-OH is 1. The number of rotatable bonds is 2. The molecule has 24 heavy (non-hydrogen) atoms. The van der Waals surface area contributed by atoms with Crippen LogP contribution in [0.5, 0.6) is 0 Å². The van der Waals surface area contributed by atoms with Crippen molar-refractivity contribution in [2.75, 3.05) is 0 Å². The highest BCUT2D eigenvalue weighted by Gasteiger charge is 2.35. The standard InChI is InChI=1S/C17H16F2N2O3/c18-12-5-1-3-9(14(12)19)10-6-7-13(22)16-11(4-2-8-20-16)15(10)21-17(23)24/h1-5,8,10,13,15,21-22H,6-7H2,(H,23,24)/t10-,13+,15-/m0/s1. The van der Waals surface area contributed by atoms with Crippen LogP contribution >= 0.6 is 0 Å². The molecule has 3 N–H and O–H groups in total. The fourth-order valence-electron chi connectivity index (χ4n) is 3.28. The van der Waals surface area contributed by atoms with Gasteiger partial charge in [0.05, 0.1) is 17.8 Å². The number of carboxylic acid groups (broad SMARTS) is 1. The van der Waals surface area contributed by atoms with Crippen LogP contribution in [0, 0.1) is 11.6 Å². The van der Waals surface area contributed by atoms with Crippen molar-refractivity contribution < 1.29 is 23.8 Å². The van der Waals surface area contributed by atoms with Crippen LogP contribution in [0.3, 0.4) is 0 Å². The van der Waals surface area contributed by atoms with Crippen LogP contribution in [0.1, 0.15) is 47.7 Å². The first-order valence-corrected chi connectivity index (χ1v) is 7.55. The van der Waals surface area contributed by atoms with Crippen molar-refractivity contribution in [2.45, 2.75) is 30.9 Å². The number of pyridine rings is 1. The van der Waals surface area contributed by atoms with E-state index in [-0.39, 0.29) is 18.4 Å². The number of fused-ring (bicyclic) bond motifs is 1. The average Bonchev–Trinajstić information content (AvgIpc) is 2.69. The van der Waals surface area contributed by atoms with Gasteiger partial charge >= 0.3 is 6.09 Å². The Labute approximate surface area is 137 Å². The molecule has 7 heteroatoms. The highest BCUT2D eigenvalue weighted by molar-refractivity contribution is 5.65. The van der Waals surface area contributed by atoms with Gasteiger partial charge in [-0.1, -0.05) is 18.2 Å². The number of nitrogens with zero attached hydrogens (tertiary/aromatic N) is 1. The zero-order valence-corrected chi connectivity index (χ0v) is 12.6. The molecule has 1 heterocycles. The number of halogens is 2. The zero-order chi connectivity index (χ0) is 17.3. The van der Waals surface area contributed by atoms with E-state index in [1.54, 1.807) is 12.1 Å². The molecule has 1 aromatic heterocycles. The monoisotopic (exact) mass is 334 g/mol. The first-order chi connectivity index (χ1) is 11.5. The molecule has 5 nitrogen and oxygen atoms in total. The molecule has 1 aliphatic rings. The van der Waals surface area contributed by atoms with Crippen LogP contribution in [-0.4, -0.2) is 21.3 Å². The number of carbonyl (C=O) groups is 1. The van der Waals surface area contributed by atoms with Crippen molar-refractivity contribution in [3.8, 4) is 0 Å². The minimum absolute atomic E-state index is 0.0812. The van der Waals surface area contributed by atoms with Crippen LogP contribution in [0.15, 0.2) is 36.5 Å². The van der Waals surface area contributed by atoms with Crippen molar-refractivity contribution in [1.82, 2.24) is 10.3 Å². The van der Waals surface area contributed by atoms with E-state index in [2.05, 4.69) is 10.3 Å². The second-order valence-electron chi connectivity index (χ2n) is 5.75. The van der Waals surface area contributed by atoms with Gasteiger partial charge in [-0.15, -0.1) is 0 Å². The van der Waals surface area contributed by atoms with E-state index in [1.807, 2.05) is 0 Å². The van der Waals surface area contributed by atoms with Gasteiger partial charge in [-0.25, -0.2) is 13.6 Å². The summed E-state index contributed by atoms with van der Waals surface area (Å²) in [6, 6.07) is 6.26. The SMILES string of the molecule is O=C(O)N[C@@H]1c2cccnc2[C@H](O)CC[C@H]1c1cccc(F)c1F. The first kappa shape index (κ1) is 16.3. The average molecular weight is 334 g/mol. The summed E-state index contributed by atoms with van der Waals surface area (Å²) in [5, 5.41) is 21.8. The summed E-state index contributed by atoms with van der Waals surface area (Å²) >= 11 is 0. The van der Waals surface area contributed by atoms with Crippen molar-refractivity contribution in [3.63, 3.8) is 0 Å². The largest absolute Gasteiger partial charge is 0.465 e. The lowest BCUT2D eigenvalue weighted by Gasteiger charge is -2.27. The van der Waals surface area contributed by atoms with Crippen molar-refractivity contribution in [2.24, 2.45) is 0 Å².